The van der Waals surface area contributed by atoms with Crippen LogP contribution in [0.5, 0.6) is 5.75 Å². The van der Waals surface area contributed by atoms with Crippen molar-refractivity contribution in [1.82, 2.24) is 4.90 Å². The number of piperidine rings is 1. The number of hydrogen-bond donors (Lipinski definition) is 0. The summed E-state index contributed by atoms with van der Waals surface area (Å²) in [4.78, 5) is 27.0. The summed E-state index contributed by atoms with van der Waals surface area (Å²) in [5.41, 5.74) is -0.110. The molecule has 0 bridgehead atoms. The molecule has 0 spiro atoms. The lowest BCUT2D eigenvalue weighted by Gasteiger charge is -2.46. The quantitative estimate of drug-likeness (QED) is 0.665. The Morgan fingerprint density at radius 3 is 2.58 bits per heavy atom. The summed E-state index contributed by atoms with van der Waals surface area (Å²) in [7, 11) is 0. The predicted octanol–water partition coefficient (Wildman–Crippen LogP) is 4.29. The van der Waals surface area contributed by atoms with E-state index in [-0.39, 0.29) is 30.5 Å². The Balaban J connectivity index is 1.72. The molecule has 2 fully saturated rings. The molecule has 1 amide bonds. The molecular weight excluding hydrogens is 396 g/mol. The SMILES string of the molecule is CCOC(=O)[C@@H]1C[C@@H]2C[C@@H](Oc3ccccc3C#N)CC[C@H]2CN1C(=O)OC(C)(C)C. The molecule has 4 atom stereocenters. The van der Waals surface area contributed by atoms with Gasteiger partial charge < -0.3 is 14.2 Å². The van der Waals surface area contributed by atoms with Gasteiger partial charge in [0, 0.05) is 6.54 Å². The zero-order valence-electron chi connectivity index (χ0n) is 18.8. The molecule has 1 aliphatic carbocycles. The van der Waals surface area contributed by atoms with Crippen molar-refractivity contribution in [1.29, 1.82) is 5.26 Å². The van der Waals surface area contributed by atoms with Gasteiger partial charge in [-0.3, -0.25) is 4.90 Å². The number of nitriles is 1. The Labute approximate surface area is 184 Å². The normalized spacial score (nSPS) is 25.7. The van der Waals surface area contributed by atoms with Crippen LogP contribution in [0.3, 0.4) is 0 Å². The minimum absolute atomic E-state index is 0.0216. The van der Waals surface area contributed by atoms with Crippen molar-refractivity contribution < 1.29 is 23.8 Å². The zero-order chi connectivity index (χ0) is 22.6. The van der Waals surface area contributed by atoms with Crippen molar-refractivity contribution in [2.75, 3.05) is 13.2 Å². The maximum Gasteiger partial charge on any atom is 0.411 e. The largest absolute Gasteiger partial charge is 0.489 e. The molecule has 1 heterocycles. The second kappa shape index (κ2) is 9.59. The number of amides is 1. The molecule has 31 heavy (non-hydrogen) atoms. The summed E-state index contributed by atoms with van der Waals surface area (Å²) in [5.74, 6) is 0.733. The molecule has 1 aromatic rings. The van der Waals surface area contributed by atoms with Gasteiger partial charge in [0.1, 0.15) is 23.5 Å². The molecule has 0 N–H and O–H groups in total. The van der Waals surface area contributed by atoms with E-state index in [2.05, 4.69) is 6.07 Å². The summed E-state index contributed by atoms with van der Waals surface area (Å²) < 4.78 is 17.0. The van der Waals surface area contributed by atoms with Crippen molar-refractivity contribution in [2.24, 2.45) is 11.8 Å². The highest BCUT2D eigenvalue weighted by Crippen LogP contribution is 2.41. The Bertz CT molecular complexity index is 841. The lowest BCUT2D eigenvalue weighted by Crippen LogP contribution is -2.56. The number of carbonyl (C=O) groups excluding carboxylic acids is 2. The van der Waals surface area contributed by atoms with Gasteiger partial charge in [-0.15, -0.1) is 0 Å². The summed E-state index contributed by atoms with van der Waals surface area (Å²) in [6.45, 7) is 7.96. The number of hydrogen-bond acceptors (Lipinski definition) is 6. The monoisotopic (exact) mass is 428 g/mol. The number of benzene rings is 1. The second-order valence-corrected chi connectivity index (χ2v) is 9.32. The molecule has 168 valence electrons. The van der Waals surface area contributed by atoms with Gasteiger partial charge in [-0.05, 0) is 77.3 Å². The van der Waals surface area contributed by atoms with E-state index < -0.39 is 17.7 Å². The van der Waals surface area contributed by atoms with E-state index in [1.54, 1.807) is 17.9 Å². The van der Waals surface area contributed by atoms with Crippen molar-refractivity contribution >= 4 is 12.1 Å². The number of nitrogens with zero attached hydrogens (tertiary/aromatic N) is 2. The Hall–Kier alpha value is -2.75. The van der Waals surface area contributed by atoms with E-state index in [0.29, 0.717) is 24.3 Å². The highest BCUT2D eigenvalue weighted by atomic mass is 16.6. The van der Waals surface area contributed by atoms with Crippen LogP contribution in [0.25, 0.3) is 0 Å². The van der Waals surface area contributed by atoms with Crippen molar-refractivity contribution in [3.05, 3.63) is 29.8 Å². The third-order valence-corrected chi connectivity index (χ3v) is 5.91. The van der Waals surface area contributed by atoms with Gasteiger partial charge in [-0.2, -0.15) is 5.26 Å². The van der Waals surface area contributed by atoms with Gasteiger partial charge in [0.2, 0.25) is 0 Å². The molecule has 7 heteroatoms. The first-order valence-electron chi connectivity index (χ1n) is 11.0. The van der Waals surface area contributed by atoms with Crippen LogP contribution >= 0.6 is 0 Å². The van der Waals surface area contributed by atoms with Gasteiger partial charge in [-0.1, -0.05) is 12.1 Å². The lowest BCUT2D eigenvalue weighted by atomic mass is 9.72. The van der Waals surface area contributed by atoms with Crippen LogP contribution in [0.4, 0.5) is 4.79 Å². The molecule has 2 aliphatic rings. The van der Waals surface area contributed by atoms with Crippen molar-refractivity contribution in [3.63, 3.8) is 0 Å². The number of carbonyl (C=O) groups is 2. The third kappa shape index (κ3) is 5.69. The number of likely N-dealkylation sites (tertiary alicyclic amines) is 1. The maximum absolute atomic E-state index is 12.8. The molecule has 0 unspecified atom stereocenters. The molecule has 0 aromatic heterocycles. The average Bonchev–Trinajstić information content (AvgIpc) is 2.72. The standard InChI is InChI=1S/C24H32N2O5/c1-5-29-22(27)20-13-18-12-19(30-21-9-7-6-8-16(21)14-25)11-10-17(18)15-26(20)23(28)31-24(2,3)4/h6-9,17-20H,5,10-13,15H2,1-4H3/t17-,18-,19-,20-/m0/s1. The van der Waals surface area contributed by atoms with Crippen molar-refractivity contribution in [3.8, 4) is 11.8 Å². The summed E-state index contributed by atoms with van der Waals surface area (Å²) in [6, 6.07) is 8.76. The number of ether oxygens (including phenoxy) is 3. The molecule has 3 rings (SSSR count). The molecule has 1 saturated heterocycles. The molecule has 7 nitrogen and oxygen atoms in total. The van der Waals surface area contributed by atoms with Gasteiger partial charge in [0.25, 0.3) is 0 Å². The van der Waals surface area contributed by atoms with E-state index >= 15 is 0 Å². The minimum Gasteiger partial charge on any atom is -0.489 e. The van der Waals surface area contributed by atoms with E-state index in [4.69, 9.17) is 14.2 Å². The van der Waals surface area contributed by atoms with Gasteiger partial charge in [0.15, 0.2) is 0 Å². The Morgan fingerprint density at radius 1 is 1.16 bits per heavy atom. The smallest absolute Gasteiger partial charge is 0.411 e. The fourth-order valence-corrected chi connectivity index (χ4v) is 4.54. The van der Waals surface area contributed by atoms with Crippen LogP contribution in [0.1, 0.15) is 58.9 Å². The predicted molar refractivity (Wildman–Crippen MR) is 114 cm³/mol. The van der Waals surface area contributed by atoms with Gasteiger partial charge in [-0.25, -0.2) is 9.59 Å². The summed E-state index contributed by atoms with van der Waals surface area (Å²) in [6.07, 6.45) is 2.55. The van der Waals surface area contributed by atoms with E-state index in [0.717, 1.165) is 19.3 Å². The van der Waals surface area contributed by atoms with Crippen LogP contribution in [0.2, 0.25) is 0 Å². The number of rotatable bonds is 4. The summed E-state index contributed by atoms with van der Waals surface area (Å²) >= 11 is 0. The Kier molecular flexibility index (Phi) is 7.09. The maximum atomic E-state index is 12.8. The average molecular weight is 429 g/mol. The van der Waals surface area contributed by atoms with Crippen LogP contribution in [0.15, 0.2) is 24.3 Å². The number of fused-ring (bicyclic) bond motifs is 1. The molecule has 1 aromatic carbocycles. The third-order valence-electron chi connectivity index (χ3n) is 5.91. The highest BCUT2D eigenvalue weighted by molar-refractivity contribution is 5.82. The first-order chi connectivity index (χ1) is 14.7. The summed E-state index contributed by atoms with van der Waals surface area (Å²) in [5, 5.41) is 9.31. The van der Waals surface area contributed by atoms with Crippen LogP contribution in [-0.4, -0.2) is 47.9 Å². The highest BCUT2D eigenvalue weighted by Gasteiger charge is 2.45. The fourth-order valence-electron chi connectivity index (χ4n) is 4.54. The van der Waals surface area contributed by atoms with Gasteiger partial charge in [0.05, 0.1) is 18.3 Å². The first-order valence-corrected chi connectivity index (χ1v) is 11.0. The minimum atomic E-state index is -0.652. The molecular formula is C24H32N2O5. The first kappa shape index (κ1) is 22.9. The van der Waals surface area contributed by atoms with Crippen molar-refractivity contribution in [2.45, 2.75) is 71.1 Å². The molecule has 0 radical (unpaired) electrons. The topological polar surface area (TPSA) is 88.9 Å². The fraction of sp³-hybridized carbons (Fsp3) is 0.625. The number of para-hydroxylation sites is 1. The van der Waals surface area contributed by atoms with Crippen LogP contribution < -0.4 is 4.74 Å². The van der Waals surface area contributed by atoms with Crippen LogP contribution in [-0.2, 0) is 14.3 Å². The van der Waals surface area contributed by atoms with E-state index in [1.807, 2.05) is 39.0 Å². The van der Waals surface area contributed by atoms with E-state index in [9.17, 15) is 14.9 Å². The number of esters is 1. The molecule has 1 saturated carbocycles. The van der Waals surface area contributed by atoms with Crippen LogP contribution in [0, 0.1) is 23.2 Å². The van der Waals surface area contributed by atoms with E-state index in [1.165, 1.54) is 0 Å². The zero-order valence-corrected chi connectivity index (χ0v) is 18.8. The lowest BCUT2D eigenvalue weighted by molar-refractivity contribution is -0.153. The second-order valence-electron chi connectivity index (χ2n) is 9.32. The van der Waals surface area contributed by atoms with Gasteiger partial charge >= 0.3 is 12.1 Å². The Morgan fingerprint density at radius 2 is 1.90 bits per heavy atom. The molecule has 1 aliphatic heterocycles.